The highest BCUT2D eigenvalue weighted by molar-refractivity contribution is 5.85. The molecule has 3 nitrogen and oxygen atoms in total. The number of halogens is 1. The van der Waals surface area contributed by atoms with Gasteiger partial charge in [-0.2, -0.15) is 0 Å². The Labute approximate surface area is 78.3 Å². The minimum atomic E-state index is -0.0671. The van der Waals surface area contributed by atoms with Gasteiger partial charge in [-0.05, 0) is 32.4 Å². The molecule has 2 fully saturated rings. The van der Waals surface area contributed by atoms with E-state index >= 15 is 0 Å². The first-order chi connectivity index (χ1) is 5.31. The maximum atomic E-state index is 10.9. The highest BCUT2D eigenvalue weighted by Crippen LogP contribution is 2.34. The number of nitrogens with one attached hydrogen (secondary N) is 1. The van der Waals surface area contributed by atoms with Crippen LogP contribution in [-0.4, -0.2) is 24.7 Å². The zero-order valence-electron chi connectivity index (χ0n) is 6.97. The van der Waals surface area contributed by atoms with Gasteiger partial charge in [0.2, 0.25) is 0 Å². The Bertz CT molecular complexity index is 178. The summed E-state index contributed by atoms with van der Waals surface area (Å²) in [6.45, 7) is 1.99. The molecule has 12 heavy (non-hydrogen) atoms. The molecule has 0 saturated carbocycles. The monoisotopic (exact) mass is 191 g/mol. The number of esters is 1. The third-order valence-electron chi connectivity index (χ3n) is 2.63. The van der Waals surface area contributed by atoms with Crippen LogP contribution in [0, 0.1) is 0 Å². The predicted molar refractivity (Wildman–Crippen MR) is 47.4 cm³/mol. The van der Waals surface area contributed by atoms with Crippen molar-refractivity contribution in [3.63, 3.8) is 0 Å². The average Bonchev–Trinajstić information content (AvgIpc) is 2.34. The van der Waals surface area contributed by atoms with Gasteiger partial charge in [0, 0.05) is 6.42 Å². The molecule has 2 aliphatic rings. The van der Waals surface area contributed by atoms with Crippen molar-refractivity contribution in [1.29, 1.82) is 0 Å². The van der Waals surface area contributed by atoms with E-state index in [0.29, 0.717) is 6.42 Å². The van der Waals surface area contributed by atoms with Crippen LogP contribution < -0.4 is 5.32 Å². The SMILES string of the molecule is Cl.O=C1CCC2(CCNCC2)O1. The minimum Gasteiger partial charge on any atom is -0.459 e. The number of carbonyl (C=O) groups is 1. The average molecular weight is 192 g/mol. The molecule has 0 atom stereocenters. The Kier molecular flexibility index (Phi) is 2.96. The molecule has 2 heterocycles. The van der Waals surface area contributed by atoms with Crippen molar-refractivity contribution in [1.82, 2.24) is 5.32 Å². The minimum absolute atomic E-state index is 0. The summed E-state index contributed by atoms with van der Waals surface area (Å²) in [4.78, 5) is 10.9. The van der Waals surface area contributed by atoms with Crippen LogP contribution >= 0.6 is 12.4 Å². The van der Waals surface area contributed by atoms with Gasteiger partial charge in [0.15, 0.2) is 0 Å². The molecule has 0 aromatic heterocycles. The molecule has 70 valence electrons. The fraction of sp³-hybridized carbons (Fsp3) is 0.875. The molecule has 0 aliphatic carbocycles. The molecule has 2 rings (SSSR count). The van der Waals surface area contributed by atoms with Crippen LogP contribution in [0.15, 0.2) is 0 Å². The number of hydrogen-bond donors (Lipinski definition) is 1. The van der Waals surface area contributed by atoms with E-state index in [2.05, 4.69) is 5.32 Å². The standard InChI is InChI=1S/C8H13NO2.ClH/c10-7-1-2-8(11-7)3-5-9-6-4-8;/h9H,1-6H2;1H. The normalized spacial score (nSPS) is 26.5. The van der Waals surface area contributed by atoms with Gasteiger partial charge in [0.25, 0.3) is 0 Å². The number of rotatable bonds is 0. The van der Waals surface area contributed by atoms with Crippen LogP contribution in [0.1, 0.15) is 25.7 Å². The molecule has 0 amide bonds. The maximum absolute atomic E-state index is 10.9. The first-order valence-corrected chi connectivity index (χ1v) is 4.23. The Morgan fingerprint density at radius 1 is 1.25 bits per heavy atom. The number of ether oxygens (including phenoxy) is 1. The van der Waals surface area contributed by atoms with E-state index in [1.165, 1.54) is 0 Å². The van der Waals surface area contributed by atoms with Crippen molar-refractivity contribution in [3.8, 4) is 0 Å². The quantitative estimate of drug-likeness (QED) is 0.578. The molecule has 0 aromatic carbocycles. The Balaban J connectivity index is 0.000000720. The van der Waals surface area contributed by atoms with Crippen molar-refractivity contribution in [2.45, 2.75) is 31.3 Å². The Hall–Kier alpha value is -0.280. The highest BCUT2D eigenvalue weighted by atomic mass is 35.5. The number of hydrogen-bond acceptors (Lipinski definition) is 3. The van der Waals surface area contributed by atoms with Gasteiger partial charge in [-0.25, -0.2) is 0 Å². The Morgan fingerprint density at radius 2 is 1.92 bits per heavy atom. The molecule has 1 N–H and O–H groups in total. The second-order valence-electron chi connectivity index (χ2n) is 3.41. The topological polar surface area (TPSA) is 38.3 Å². The number of piperidine rings is 1. The fourth-order valence-corrected chi connectivity index (χ4v) is 1.91. The van der Waals surface area contributed by atoms with E-state index in [1.54, 1.807) is 0 Å². The van der Waals surface area contributed by atoms with E-state index in [0.717, 1.165) is 32.4 Å². The second kappa shape index (κ2) is 3.62. The van der Waals surface area contributed by atoms with Crippen molar-refractivity contribution in [2.75, 3.05) is 13.1 Å². The summed E-state index contributed by atoms with van der Waals surface area (Å²) in [5, 5.41) is 3.26. The zero-order chi connectivity index (χ0) is 7.73. The van der Waals surface area contributed by atoms with E-state index in [4.69, 9.17) is 4.74 Å². The summed E-state index contributed by atoms with van der Waals surface area (Å²) in [6, 6.07) is 0. The van der Waals surface area contributed by atoms with Crippen LogP contribution in [0.5, 0.6) is 0 Å². The van der Waals surface area contributed by atoms with Crippen LogP contribution in [0.25, 0.3) is 0 Å². The molecule has 0 radical (unpaired) electrons. The predicted octanol–water partition coefficient (Wildman–Crippen LogP) is 0.867. The summed E-state index contributed by atoms with van der Waals surface area (Å²) in [5.74, 6) is -0.00750. The summed E-state index contributed by atoms with van der Waals surface area (Å²) in [5.41, 5.74) is -0.0671. The first kappa shape index (κ1) is 9.81. The fourth-order valence-electron chi connectivity index (χ4n) is 1.91. The zero-order valence-corrected chi connectivity index (χ0v) is 7.78. The lowest BCUT2D eigenvalue weighted by Crippen LogP contribution is -2.41. The lowest BCUT2D eigenvalue weighted by molar-refractivity contribution is -0.150. The van der Waals surface area contributed by atoms with Crippen LogP contribution in [0.3, 0.4) is 0 Å². The Morgan fingerprint density at radius 3 is 2.42 bits per heavy atom. The maximum Gasteiger partial charge on any atom is 0.306 e. The van der Waals surface area contributed by atoms with E-state index < -0.39 is 0 Å². The van der Waals surface area contributed by atoms with Crippen molar-refractivity contribution >= 4 is 18.4 Å². The smallest absolute Gasteiger partial charge is 0.306 e. The number of carbonyl (C=O) groups excluding carboxylic acids is 1. The third-order valence-corrected chi connectivity index (χ3v) is 2.63. The van der Waals surface area contributed by atoms with Gasteiger partial charge in [-0.15, -0.1) is 12.4 Å². The van der Waals surface area contributed by atoms with Gasteiger partial charge in [-0.3, -0.25) is 4.79 Å². The third kappa shape index (κ3) is 1.72. The van der Waals surface area contributed by atoms with Crippen molar-refractivity contribution in [2.24, 2.45) is 0 Å². The molecule has 0 bridgehead atoms. The highest BCUT2D eigenvalue weighted by Gasteiger charge is 2.40. The van der Waals surface area contributed by atoms with E-state index in [1.807, 2.05) is 0 Å². The van der Waals surface area contributed by atoms with Gasteiger partial charge in [0.1, 0.15) is 5.60 Å². The van der Waals surface area contributed by atoms with Gasteiger partial charge in [-0.1, -0.05) is 0 Å². The largest absolute Gasteiger partial charge is 0.459 e. The van der Waals surface area contributed by atoms with E-state index in [9.17, 15) is 4.79 Å². The molecular weight excluding hydrogens is 178 g/mol. The summed E-state index contributed by atoms with van der Waals surface area (Å²) in [7, 11) is 0. The molecule has 0 unspecified atom stereocenters. The van der Waals surface area contributed by atoms with E-state index in [-0.39, 0.29) is 24.0 Å². The van der Waals surface area contributed by atoms with Crippen molar-refractivity contribution in [3.05, 3.63) is 0 Å². The summed E-state index contributed by atoms with van der Waals surface area (Å²) in [6.07, 6.45) is 3.56. The molecule has 4 heteroatoms. The molecule has 1 spiro atoms. The molecular formula is C8H14ClNO2. The second-order valence-corrected chi connectivity index (χ2v) is 3.41. The first-order valence-electron chi connectivity index (χ1n) is 4.23. The molecule has 0 aromatic rings. The van der Waals surface area contributed by atoms with Gasteiger partial charge >= 0.3 is 5.97 Å². The van der Waals surface area contributed by atoms with Gasteiger partial charge < -0.3 is 10.1 Å². The van der Waals surface area contributed by atoms with Crippen molar-refractivity contribution < 1.29 is 9.53 Å². The summed E-state index contributed by atoms with van der Waals surface area (Å²) < 4.78 is 5.31. The van der Waals surface area contributed by atoms with Gasteiger partial charge in [0.05, 0.1) is 0 Å². The lowest BCUT2D eigenvalue weighted by Gasteiger charge is -2.31. The van der Waals surface area contributed by atoms with Crippen LogP contribution in [0.2, 0.25) is 0 Å². The molecule has 2 saturated heterocycles. The molecule has 2 aliphatic heterocycles. The summed E-state index contributed by atoms with van der Waals surface area (Å²) >= 11 is 0. The lowest BCUT2D eigenvalue weighted by atomic mass is 9.90. The van der Waals surface area contributed by atoms with Crippen LogP contribution in [-0.2, 0) is 9.53 Å². The van der Waals surface area contributed by atoms with Crippen LogP contribution in [0.4, 0.5) is 0 Å².